The standard InChI is InChI=1S/C16H22Cl6F6O/c1-13(19,20)7-9(17)11(3-5-15(23,24)25)29-12(4-6-16(26,27)28)10(18)8-14(2,21)22/h9-12H,3-8H2,1-2H3. The minimum absolute atomic E-state index is 0.165. The van der Waals surface area contributed by atoms with Crippen LogP contribution in [0.3, 0.4) is 0 Å². The maximum Gasteiger partial charge on any atom is 0.389 e. The third-order valence-electron chi connectivity index (χ3n) is 3.69. The van der Waals surface area contributed by atoms with Gasteiger partial charge in [-0.15, -0.1) is 69.6 Å². The summed E-state index contributed by atoms with van der Waals surface area (Å²) < 4.78 is 78.9. The molecule has 0 aromatic carbocycles. The van der Waals surface area contributed by atoms with Gasteiger partial charge < -0.3 is 4.74 Å². The van der Waals surface area contributed by atoms with Crippen molar-refractivity contribution in [2.75, 3.05) is 0 Å². The van der Waals surface area contributed by atoms with E-state index in [9.17, 15) is 26.3 Å². The SMILES string of the molecule is CC(Cl)(Cl)CC(Cl)C(CCC(F)(F)F)OC(CCC(F)(F)F)C(Cl)CC(C)(Cl)Cl. The van der Waals surface area contributed by atoms with E-state index in [1.54, 1.807) is 0 Å². The zero-order valence-corrected chi connectivity index (χ0v) is 20.0. The first-order valence-corrected chi connectivity index (χ1v) is 10.9. The van der Waals surface area contributed by atoms with Gasteiger partial charge in [0.2, 0.25) is 0 Å². The molecule has 0 fully saturated rings. The van der Waals surface area contributed by atoms with Gasteiger partial charge in [-0.2, -0.15) is 26.3 Å². The van der Waals surface area contributed by atoms with Crippen LogP contribution in [0.15, 0.2) is 0 Å². The molecule has 176 valence electrons. The van der Waals surface area contributed by atoms with Crippen LogP contribution in [0.2, 0.25) is 0 Å². The van der Waals surface area contributed by atoms with Crippen LogP contribution in [-0.4, -0.2) is 44.0 Å². The van der Waals surface area contributed by atoms with Gasteiger partial charge in [-0.25, -0.2) is 0 Å². The maximum absolute atomic E-state index is 12.7. The van der Waals surface area contributed by atoms with E-state index in [-0.39, 0.29) is 12.8 Å². The van der Waals surface area contributed by atoms with Crippen LogP contribution in [-0.2, 0) is 4.74 Å². The molecule has 0 radical (unpaired) electrons. The Kier molecular flexibility index (Phi) is 12.5. The summed E-state index contributed by atoms with van der Waals surface area (Å²) in [6, 6.07) is 0. The topological polar surface area (TPSA) is 9.23 Å². The second-order valence-electron chi connectivity index (χ2n) is 7.10. The van der Waals surface area contributed by atoms with Crippen LogP contribution in [0, 0.1) is 0 Å². The van der Waals surface area contributed by atoms with Crippen LogP contribution in [0.5, 0.6) is 0 Å². The molecule has 0 aromatic heterocycles. The Morgan fingerprint density at radius 1 is 0.655 bits per heavy atom. The van der Waals surface area contributed by atoms with Gasteiger partial charge in [0.1, 0.15) is 8.67 Å². The fraction of sp³-hybridized carbons (Fsp3) is 1.00. The molecule has 4 atom stereocenters. The van der Waals surface area contributed by atoms with Crippen LogP contribution in [0.25, 0.3) is 0 Å². The van der Waals surface area contributed by atoms with Crippen LogP contribution in [0.4, 0.5) is 26.3 Å². The summed E-state index contributed by atoms with van der Waals surface area (Å²) >= 11 is 35.8. The summed E-state index contributed by atoms with van der Waals surface area (Å²) in [5.41, 5.74) is 0. The minimum atomic E-state index is -4.52. The molecule has 1 nitrogen and oxygen atoms in total. The summed E-state index contributed by atoms with van der Waals surface area (Å²) in [6.07, 6.45) is -15.7. The summed E-state index contributed by atoms with van der Waals surface area (Å²) in [5, 5.41) is -2.21. The van der Waals surface area contributed by atoms with Gasteiger partial charge in [-0.05, 0) is 39.5 Å². The number of hydrogen-bond donors (Lipinski definition) is 0. The zero-order chi connectivity index (χ0) is 23.3. The highest BCUT2D eigenvalue weighted by atomic mass is 35.5. The van der Waals surface area contributed by atoms with Crippen molar-refractivity contribution in [1.29, 1.82) is 0 Å². The number of ether oxygens (including phenoxy) is 1. The van der Waals surface area contributed by atoms with Crippen LogP contribution < -0.4 is 0 Å². The third kappa shape index (κ3) is 17.5. The van der Waals surface area contributed by atoms with E-state index in [4.69, 9.17) is 74.3 Å². The minimum Gasteiger partial charge on any atom is -0.372 e. The first-order valence-electron chi connectivity index (χ1n) is 8.51. The first-order chi connectivity index (χ1) is 12.7. The lowest BCUT2D eigenvalue weighted by Crippen LogP contribution is -2.39. The van der Waals surface area contributed by atoms with Gasteiger partial charge in [0.15, 0.2) is 0 Å². The molecule has 0 aliphatic carbocycles. The van der Waals surface area contributed by atoms with E-state index >= 15 is 0 Å². The number of rotatable bonds is 12. The Hall–Kier alpha value is 1.28. The normalized spacial score (nSPS) is 18.4. The van der Waals surface area contributed by atoms with Crippen molar-refractivity contribution in [2.24, 2.45) is 0 Å². The van der Waals surface area contributed by atoms with Gasteiger partial charge in [0, 0.05) is 12.8 Å². The Morgan fingerprint density at radius 3 is 1.14 bits per heavy atom. The Balaban J connectivity index is 5.49. The predicted octanol–water partition coefficient (Wildman–Crippen LogP) is 8.81. The van der Waals surface area contributed by atoms with Gasteiger partial charge in [-0.3, -0.25) is 0 Å². The molecular formula is C16H22Cl6F6O. The number of halogens is 12. The van der Waals surface area contributed by atoms with Gasteiger partial charge in [0.25, 0.3) is 0 Å². The zero-order valence-electron chi connectivity index (χ0n) is 15.5. The molecule has 4 unspecified atom stereocenters. The fourth-order valence-corrected chi connectivity index (χ4v) is 4.42. The molecule has 0 bridgehead atoms. The molecule has 29 heavy (non-hydrogen) atoms. The molecule has 13 heteroatoms. The molecule has 0 heterocycles. The highest BCUT2D eigenvalue weighted by Gasteiger charge is 2.38. The highest BCUT2D eigenvalue weighted by Crippen LogP contribution is 2.37. The Morgan fingerprint density at radius 2 is 0.931 bits per heavy atom. The molecule has 0 aromatic rings. The van der Waals surface area contributed by atoms with Crippen molar-refractivity contribution in [3.8, 4) is 0 Å². The molecule has 0 aliphatic rings. The van der Waals surface area contributed by atoms with E-state index in [0.29, 0.717) is 0 Å². The summed E-state index contributed by atoms with van der Waals surface area (Å²) in [4.78, 5) is 0. The van der Waals surface area contributed by atoms with E-state index in [2.05, 4.69) is 0 Å². The lowest BCUT2D eigenvalue weighted by Gasteiger charge is -2.33. The molecule has 0 N–H and O–H groups in total. The largest absolute Gasteiger partial charge is 0.389 e. The fourth-order valence-electron chi connectivity index (χ4n) is 2.45. The molecule has 0 saturated carbocycles. The monoisotopic (exact) mass is 554 g/mol. The van der Waals surface area contributed by atoms with Gasteiger partial charge in [0.05, 0.1) is 23.0 Å². The quantitative estimate of drug-likeness (QED) is 0.172. The second-order valence-corrected chi connectivity index (χ2v) is 11.9. The maximum atomic E-state index is 12.7. The lowest BCUT2D eigenvalue weighted by atomic mass is 10.0. The average Bonchev–Trinajstić information content (AvgIpc) is 2.40. The summed E-state index contributed by atoms with van der Waals surface area (Å²) in [5.74, 6) is 0. The second kappa shape index (κ2) is 11.9. The van der Waals surface area contributed by atoms with Crippen molar-refractivity contribution in [1.82, 2.24) is 0 Å². The van der Waals surface area contributed by atoms with Crippen molar-refractivity contribution in [3.05, 3.63) is 0 Å². The first kappa shape index (κ1) is 30.3. The van der Waals surface area contributed by atoms with E-state index in [0.717, 1.165) is 0 Å². The smallest absolute Gasteiger partial charge is 0.372 e. The Labute approximate surface area is 196 Å². The molecule has 0 aliphatic heterocycles. The van der Waals surface area contributed by atoms with Crippen LogP contribution >= 0.6 is 69.6 Å². The summed E-state index contributed by atoms with van der Waals surface area (Å²) in [6.45, 7) is 2.76. The molecule has 0 spiro atoms. The van der Waals surface area contributed by atoms with Crippen molar-refractivity contribution in [3.63, 3.8) is 0 Å². The van der Waals surface area contributed by atoms with E-state index < -0.39 is 69.7 Å². The van der Waals surface area contributed by atoms with E-state index in [1.165, 1.54) is 13.8 Å². The molecule has 0 amide bonds. The average molecular weight is 557 g/mol. The lowest BCUT2D eigenvalue weighted by molar-refractivity contribution is -0.152. The van der Waals surface area contributed by atoms with Crippen molar-refractivity contribution < 1.29 is 31.1 Å². The van der Waals surface area contributed by atoms with Crippen molar-refractivity contribution in [2.45, 2.75) is 96.4 Å². The van der Waals surface area contributed by atoms with Crippen LogP contribution in [0.1, 0.15) is 52.4 Å². The number of alkyl halides is 12. The molecular weight excluding hydrogens is 535 g/mol. The molecule has 0 saturated heterocycles. The predicted molar refractivity (Wildman–Crippen MR) is 108 cm³/mol. The van der Waals surface area contributed by atoms with Gasteiger partial charge in [-0.1, -0.05) is 0 Å². The summed E-state index contributed by atoms with van der Waals surface area (Å²) in [7, 11) is 0. The Bertz CT molecular complexity index is 432. The van der Waals surface area contributed by atoms with E-state index in [1.807, 2.05) is 0 Å². The third-order valence-corrected chi connectivity index (χ3v) is 5.18. The van der Waals surface area contributed by atoms with Crippen molar-refractivity contribution >= 4 is 69.6 Å². The number of hydrogen-bond acceptors (Lipinski definition) is 1. The van der Waals surface area contributed by atoms with Gasteiger partial charge >= 0.3 is 12.4 Å². The highest BCUT2D eigenvalue weighted by molar-refractivity contribution is 6.48. The molecule has 0 rings (SSSR count).